The summed E-state index contributed by atoms with van der Waals surface area (Å²) in [5.41, 5.74) is 1.10. The van der Waals surface area contributed by atoms with Crippen LogP contribution in [0.3, 0.4) is 0 Å². The Bertz CT molecular complexity index is 841. The zero-order valence-corrected chi connectivity index (χ0v) is 23.9. The van der Waals surface area contributed by atoms with Gasteiger partial charge < -0.3 is 20.4 Å². The third kappa shape index (κ3) is 7.34. The Morgan fingerprint density at radius 3 is 2.39 bits per heavy atom. The van der Waals surface area contributed by atoms with Crippen LogP contribution in [0.15, 0.2) is 35.5 Å². The number of allylic oxidation sites excluding steroid dienone is 3. The van der Waals surface area contributed by atoms with Crippen LogP contribution in [-0.4, -0.2) is 43.3 Å². The Balaban J connectivity index is 1.73. The fourth-order valence-corrected chi connectivity index (χ4v) is 7.61. The molecule has 0 radical (unpaired) electrons. The first-order chi connectivity index (χ1) is 16.5. The van der Waals surface area contributed by atoms with E-state index in [1.54, 1.807) is 13.8 Å². The molecule has 206 valence electrons. The number of aliphatic hydroxyl groups excluding tert-OH is 1. The molecule has 3 saturated carbocycles. The lowest BCUT2D eigenvalue weighted by Gasteiger charge is -2.44. The van der Waals surface area contributed by atoms with E-state index in [1.165, 1.54) is 37.7 Å². The van der Waals surface area contributed by atoms with Gasteiger partial charge in [0.25, 0.3) is 0 Å². The van der Waals surface area contributed by atoms with Crippen molar-refractivity contribution in [1.82, 2.24) is 0 Å². The highest BCUT2D eigenvalue weighted by molar-refractivity contribution is 5.40. The summed E-state index contributed by atoms with van der Waals surface area (Å²) in [7, 11) is 0. The summed E-state index contributed by atoms with van der Waals surface area (Å²) in [4.78, 5) is 0. The van der Waals surface area contributed by atoms with E-state index in [0.717, 1.165) is 36.3 Å². The Morgan fingerprint density at radius 2 is 1.75 bits per heavy atom. The fourth-order valence-electron chi connectivity index (χ4n) is 7.61. The second-order valence-electron chi connectivity index (χ2n) is 14.2. The summed E-state index contributed by atoms with van der Waals surface area (Å²) in [6.07, 6.45) is 14.7. The van der Waals surface area contributed by atoms with Crippen LogP contribution in [-0.2, 0) is 0 Å². The van der Waals surface area contributed by atoms with Gasteiger partial charge in [-0.2, -0.15) is 0 Å². The molecule has 0 amide bonds. The van der Waals surface area contributed by atoms with E-state index in [1.807, 2.05) is 13.8 Å². The first-order valence-corrected chi connectivity index (χ1v) is 14.5. The van der Waals surface area contributed by atoms with Crippen molar-refractivity contribution in [1.29, 1.82) is 0 Å². The van der Waals surface area contributed by atoms with Gasteiger partial charge in [-0.05, 0) is 113 Å². The highest BCUT2D eigenvalue weighted by Crippen LogP contribution is 2.60. The SMILES string of the molecule is C=C1C(=CC=C2CCC[C@@]3(C)C2CC[C@@H]3[C@H](C)CCCC(C)(C)O)C[C@](O)(CCC(C)(C)O)CC1O. The maximum absolute atomic E-state index is 11.2. The fraction of sp³-hybridized carbons (Fsp3) is 0.812. The molecule has 0 heterocycles. The standard InChI is InChI=1S/C32H54O4/c1-22(10-8-16-29(3,4)34)26-14-15-27-24(11-9-17-31(26,27)7)12-13-25-20-32(36,19-18-30(5,6)35)21-28(33)23(25)2/h12-13,22,26-28,33-36H,2,8-11,14-21H2,1,3-7H3/t22-,26-,27?,28?,31-,32-/m1/s1. The number of aliphatic hydroxyl groups is 4. The van der Waals surface area contributed by atoms with E-state index in [2.05, 4.69) is 32.6 Å². The molecule has 3 rings (SSSR count). The van der Waals surface area contributed by atoms with Gasteiger partial charge in [-0.1, -0.05) is 51.0 Å². The molecular weight excluding hydrogens is 448 g/mol. The van der Waals surface area contributed by atoms with E-state index in [-0.39, 0.29) is 6.42 Å². The molecule has 36 heavy (non-hydrogen) atoms. The van der Waals surface area contributed by atoms with Crippen molar-refractivity contribution in [3.8, 4) is 0 Å². The van der Waals surface area contributed by atoms with Crippen molar-refractivity contribution in [2.75, 3.05) is 0 Å². The van der Waals surface area contributed by atoms with Crippen molar-refractivity contribution < 1.29 is 20.4 Å². The van der Waals surface area contributed by atoms with Crippen LogP contribution in [0.5, 0.6) is 0 Å². The minimum atomic E-state index is -1.01. The Hall–Kier alpha value is -0.940. The predicted molar refractivity (Wildman–Crippen MR) is 149 cm³/mol. The molecule has 4 N–H and O–H groups in total. The van der Waals surface area contributed by atoms with Gasteiger partial charge in [-0.3, -0.25) is 0 Å². The average Bonchev–Trinajstić information content (AvgIpc) is 3.10. The Labute approximate surface area is 220 Å². The molecule has 4 heteroatoms. The van der Waals surface area contributed by atoms with Gasteiger partial charge in [-0.25, -0.2) is 0 Å². The van der Waals surface area contributed by atoms with Gasteiger partial charge in [0.1, 0.15) is 0 Å². The lowest BCUT2D eigenvalue weighted by atomic mass is 9.60. The van der Waals surface area contributed by atoms with Crippen LogP contribution in [0.2, 0.25) is 0 Å². The van der Waals surface area contributed by atoms with E-state index in [0.29, 0.717) is 36.5 Å². The molecular formula is C32H54O4. The summed E-state index contributed by atoms with van der Waals surface area (Å²) < 4.78 is 0. The molecule has 4 nitrogen and oxygen atoms in total. The zero-order chi connectivity index (χ0) is 26.9. The molecule has 0 saturated heterocycles. The van der Waals surface area contributed by atoms with Crippen LogP contribution < -0.4 is 0 Å². The van der Waals surface area contributed by atoms with E-state index >= 15 is 0 Å². The Morgan fingerprint density at radius 1 is 1.08 bits per heavy atom. The molecule has 3 fully saturated rings. The molecule has 3 aliphatic rings. The first kappa shape index (κ1) is 29.6. The predicted octanol–water partition coefficient (Wildman–Crippen LogP) is 6.63. The van der Waals surface area contributed by atoms with Crippen molar-refractivity contribution in [3.05, 3.63) is 35.5 Å². The van der Waals surface area contributed by atoms with Crippen LogP contribution in [0.4, 0.5) is 0 Å². The lowest BCUT2D eigenvalue weighted by Crippen LogP contribution is -2.41. The van der Waals surface area contributed by atoms with Crippen molar-refractivity contribution >= 4 is 0 Å². The molecule has 0 spiro atoms. The summed E-state index contributed by atoms with van der Waals surface area (Å²) in [5, 5.41) is 42.2. The van der Waals surface area contributed by atoms with E-state index in [9.17, 15) is 20.4 Å². The van der Waals surface area contributed by atoms with Gasteiger partial charge in [0.05, 0.1) is 22.9 Å². The number of rotatable bonds is 9. The highest BCUT2D eigenvalue weighted by atomic mass is 16.3. The lowest BCUT2D eigenvalue weighted by molar-refractivity contribution is -0.0389. The topological polar surface area (TPSA) is 80.9 Å². The minimum Gasteiger partial charge on any atom is -0.390 e. The van der Waals surface area contributed by atoms with Crippen molar-refractivity contribution in [3.63, 3.8) is 0 Å². The summed E-state index contributed by atoms with van der Waals surface area (Å²) in [6, 6.07) is 0. The van der Waals surface area contributed by atoms with E-state index in [4.69, 9.17) is 0 Å². The summed E-state index contributed by atoms with van der Waals surface area (Å²) in [5.74, 6) is 1.99. The minimum absolute atomic E-state index is 0.281. The van der Waals surface area contributed by atoms with Crippen LogP contribution in [0.1, 0.15) is 119 Å². The van der Waals surface area contributed by atoms with Crippen LogP contribution >= 0.6 is 0 Å². The van der Waals surface area contributed by atoms with E-state index < -0.39 is 22.9 Å². The summed E-state index contributed by atoms with van der Waals surface area (Å²) in [6.45, 7) is 16.4. The van der Waals surface area contributed by atoms with Crippen molar-refractivity contribution in [2.45, 2.75) is 141 Å². The van der Waals surface area contributed by atoms with Crippen LogP contribution in [0, 0.1) is 23.2 Å². The van der Waals surface area contributed by atoms with Gasteiger partial charge in [-0.15, -0.1) is 0 Å². The third-order valence-electron chi connectivity index (χ3n) is 9.78. The number of hydrogen-bond donors (Lipinski definition) is 4. The molecule has 0 aliphatic heterocycles. The highest BCUT2D eigenvalue weighted by Gasteiger charge is 2.50. The smallest absolute Gasteiger partial charge is 0.0814 e. The third-order valence-corrected chi connectivity index (χ3v) is 9.78. The molecule has 6 atom stereocenters. The molecule has 3 aliphatic carbocycles. The number of hydrogen-bond acceptors (Lipinski definition) is 4. The second kappa shape index (κ2) is 11.0. The molecule has 0 aromatic carbocycles. The monoisotopic (exact) mass is 502 g/mol. The molecule has 0 bridgehead atoms. The maximum Gasteiger partial charge on any atom is 0.0814 e. The largest absolute Gasteiger partial charge is 0.390 e. The Kier molecular flexibility index (Phi) is 9.08. The number of fused-ring (bicyclic) bond motifs is 1. The second-order valence-corrected chi connectivity index (χ2v) is 14.2. The maximum atomic E-state index is 11.2. The normalized spacial score (nSPS) is 36.9. The quantitative estimate of drug-likeness (QED) is 0.285. The molecule has 0 aromatic rings. The van der Waals surface area contributed by atoms with Crippen LogP contribution in [0.25, 0.3) is 0 Å². The first-order valence-electron chi connectivity index (χ1n) is 14.5. The van der Waals surface area contributed by atoms with Gasteiger partial charge >= 0.3 is 0 Å². The van der Waals surface area contributed by atoms with Gasteiger partial charge in [0.15, 0.2) is 0 Å². The average molecular weight is 503 g/mol. The molecule has 0 aromatic heterocycles. The molecule has 2 unspecified atom stereocenters. The van der Waals surface area contributed by atoms with Gasteiger partial charge in [0.2, 0.25) is 0 Å². The zero-order valence-electron chi connectivity index (χ0n) is 23.9. The van der Waals surface area contributed by atoms with Crippen molar-refractivity contribution in [2.24, 2.45) is 23.2 Å². The summed E-state index contributed by atoms with van der Waals surface area (Å²) >= 11 is 0. The van der Waals surface area contributed by atoms with Gasteiger partial charge in [0, 0.05) is 12.8 Å².